The molecule has 0 radical (unpaired) electrons. The molecule has 1 rings (SSSR count). The van der Waals surface area contributed by atoms with E-state index in [0.29, 0.717) is 5.92 Å². The lowest BCUT2D eigenvalue weighted by atomic mass is 9.76. The van der Waals surface area contributed by atoms with Crippen LogP contribution in [0.1, 0.15) is 26.7 Å². The van der Waals surface area contributed by atoms with Gasteiger partial charge in [-0.1, -0.05) is 6.92 Å². The van der Waals surface area contributed by atoms with Crippen molar-refractivity contribution < 1.29 is 9.53 Å². The molecule has 0 atom stereocenters. The predicted octanol–water partition coefficient (Wildman–Crippen LogP) is 2.12. The minimum Gasteiger partial charge on any atom is -0.453 e. The molecule has 0 aromatic carbocycles. The highest BCUT2D eigenvalue weighted by atomic mass is 16.5. The Labute approximate surface area is 80.1 Å². The summed E-state index contributed by atoms with van der Waals surface area (Å²) in [6, 6.07) is 0. The van der Waals surface area contributed by atoms with Crippen molar-refractivity contribution >= 4 is 6.09 Å². The Morgan fingerprint density at radius 1 is 1.54 bits per heavy atom. The van der Waals surface area contributed by atoms with E-state index in [1.54, 1.807) is 4.90 Å². The van der Waals surface area contributed by atoms with Gasteiger partial charge in [0.05, 0.1) is 7.11 Å². The van der Waals surface area contributed by atoms with E-state index in [0.717, 1.165) is 19.0 Å². The van der Waals surface area contributed by atoms with E-state index >= 15 is 0 Å². The highest BCUT2D eigenvalue weighted by Crippen LogP contribution is 2.33. The molecule has 0 bridgehead atoms. The monoisotopic (exact) mass is 185 g/mol. The zero-order valence-corrected chi connectivity index (χ0v) is 8.75. The van der Waals surface area contributed by atoms with Crippen LogP contribution in [0.2, 0.25) is 0 Å². The lowest BCUT2D eigenvalue weighted by Gasteiger charge is -2.35. The van der Waals surface area contributed by atoms with Crippen LogP contribution >= 0.6 is 0 Å². The summed E-state index contributed by atoms with van der Waals surface area (Å²) in [6.45, 7) is 5.86. The lowest BCUT2D eigenvalue weighted by molar-refractivity contribution is 0.0969. The smallest absolute Gasteiger partial charge is 0.409 e. The summed E-state index contributed by atoms with van der Waals surface area (Å²) in [7, 11) is 1.44. The maximum absolute atomic E-state index is 11.2. The van der Waals surface area contributed by atoms with E-state index < -0.39 is 0 Å². The van der Waals surface area contributed by atoms with Crippen molar-refractivity contribution in [2.75, 3.05) is 20.2 Å². The molecule has 1 fully saturated rings. The first kappa shape index (κ1) is 10.4. The van der Waals surface area contributed by atoms with Gasteiger partial charge in [-0.05, 0) is 31.6 Å². The van der Waals surface area contributed by atoms with Crippen LogP contribution in [0.25, 0.3) is 0 Å². The number of nitrogens with zero attached hydrogens (tertiary/aromatic N) is 1. The van der Waals surface area contributed by atoms with Crippen molar-refractivity contribution in [3.63, 3.8) is 0 Å². The maximum atomic E-state index is 11.2. The number of carbonyl (C=O) groups excluding carboxylic acids is 1. The average molecular weight is 185 g/mol. The Morgan fingerprint density at radius 3 is 2.54 bits per heavy atom. The van der Waals surface area contributed by atoms with Crippen molar-refractivity contribution in [1.29, 1.82) is 0 Å². The minimum absolute atomic E-state index is 0.193. The van der Waals surface area contributed by atoms with E-state index in [4.69, 9.17) is 0 Å². The molecule has 0 aromatic heterocycles. The van der Waals surface area contributed by atoms with Crippen LogP contribution in [0.3, 0.4) is 0 Å². The first-order valence-electron chi connectivity index (χ1n) is 5.00. The molecule has 0 heterocycles. The zero-order chi connectivity index (χ0) is 9.84. The van der Waals surface area contributed by atoms with Crippen molar-refractivity contribution in [2.24, 2.45) is 11.8 Å². The van der Waals surface area contributed by atoms with E-state index in [1.165, 1.54) is 20.0 Å². The molecule has 0 saturated heterocycles. The van der Waals surface area contributed by atoms with E-state index in [2.05, 4.69) is 11.7 Å². The third kappa shape index (κ3) is 2.61. The van der Waals surface area contributed by atoms with Gasteiger partial charge in [0.25, 0.3) is 0 Å². The predicted molar refractivity (Wildman–Crippen MR) is 51.5 cm³/mol. The summed E-state index contributed by atoms with van der Waals surface area (Å²) in [5, 5.41) is 0. The summed E-state index contributed by atoms with van der Waals surface area (Å²) in [6.07, 6.45) is 2.32. The van der Waals surface area contributed by atoms with Gasteiger partial charge in [0.15, 0.2) is 0 Å². The molecule has 3 nitrogen and oxygen atoms in total. The molecule has 1 aliphatic rings. The Kier molecular flexibility index (Phi) is 3.58. The average Bonchev–Trinajstić information content (AvgIpc) is 2.09. The second kappa shape index (κ2) is 4.49. The second-order valence-corrected chi connectivity index (χ2v) is 3.95. The van der Waals surface area contributed by atoms with Gasteiger partial charge in [0, 0.05) is 13.1 Å². The molecule has 1 amide bonds. The van der Waals surface area contributed by atoms with E-state index in [-0.39, 0.29) is 6.09 Å². The summed E-state index contributed by atoms with van der Waals surface area (Å²) in [4.78, 5) is 13.0. The molecule has 3 heteroatoms. The highest BCUT2D eigenvalue weighted by Gasteiger charge is 2.28. The first-order valence-corrected chi connectivity index (χ1v) is 5.00. The fraction of sp³-hybridized carbons (Fsp3) is 0.900. The van der Waals surface area contributed by atoms with E-state index in [9.17, 15) is 4.79 Å². The molecule has 0 N–H and O–H groups in total. The Morgan fingerprint density at radius 2 is 2.15 bits per heavy atom. The van der Waals surface area contributed by atoms with Crippen molar-refractivity contribution in [3.05, 3.63) is 0 Å². The van der Waals surface area contributed by atoms with Crippen LogP contribution in [-0.2, 0) is 4.74 Å². The number of methoxy groups -OCH3 is 1. The van der Waals surface area contributed by atoms with Crippen molar-refractivity contribution in [1.82, 2.24) is 4.90 Å². The third-order valence-electron chi connectivity index (χ3n) is 2.76. The van der Waals surface area contributed by atoms with Gasteiger partial charge in [-0.2, -0.15) is 0 Å². The molecule has 1 saturated carbocycles. The summed E-state index contributed by atoms with van der Waals surface area (Å²) in [5.41, 5.74) is 0. The largest absolute Gasteiger partial charge is 0.453 e. The van der Waals surface area contributed by atoms with Crippen LogP contribution in [0.4, 0.5) is 4.79 Å². The molecule has 0 spiro atoms. The maximum Gasteiger partial charge on any atom is 0.409 e. The quantitative estimate of drug-likeness (QED) is 0.674. The van der Waals surface area contributed by atoms with Crippen molar-refractivity contribution in [3.8, 4) is 0 Å². The molecule has 76 valence electrons. The van der Waals surface area contributed by atoms with Crippen molar-refractivity contribution in [2.45, 2.75) is 26.7 Å². The van der Waals surface area contributed by atoms with Crippen LogP contribution in [0.15, 0.2) is 0 Å². The summed E-state index contributed by atoms with van der Waals surface area (Å²) >= 11 is 0. The van der Waals surface area contributed by atoms with Crippen LogP contribution in [-0.4, -0.2) is 31.2 Å². The van der Waals surface area contributed by atoms with Gasteiger partial charge >= 0.3 is 6.09 Å². The SMILES string of the molecule is CCN(CC1CC(C)C1)C(=O)OC. The molecule has 0 aromatic rings. The number of carbonyl (C=O) groups is 1. The Hall–Kier alpha value is -0.730. The fourth-order valence-electron chi connectivity index (χ4n) is 1.99. The highest BCUT2D eigenvalue weighted by molar-refractivity contribution is 5.67. The number of amides is 1. The van der Waals surface area contributed by atoms with Gasteiger partial charge in [0.2, 0.25) is 0 Å². The Balaban J connectivity index is 2.28. The second-order valence-electron chi connectivity index (χ2n) is 3.95. The molecule has 13 heavy (non-hydrogen) atoms. The van der Waals surface area contributed by atoms with Gasteiger partial charge in [-0.25, -0.2) is 4.79 Å². The molecule has 0 unspecified atom stereocenters. The van der Waals surface area contributed by atoms with Gasteiger partial charge in [-0.15, -0.1) is 0 Å². The Bertz CT molecular complexity index is 176. The molecular weight excluding hydrogens is 166 g/mol. The fourth-order valence-corrected chi connectivity index (χ4v) is 1.99. The van der Waals surface area contributed by atoms with Crippen LogP contribution in [0, 0.1) is 11.8 Å². The normalized spacial score (nSPS) is 26.4. The number of ether oxygens (including phenoxy) is 1. The summed E-state index contributed by atoms with van der Waals surface area (Å²) < 4.78 is 4.69. The number of hydrogen-bond donors (Lipinski definition) is 0. The zero-order valence-electron chi connectivity index (χ0n) is 8.75. The molecule has 1 aliphatic carbocycles. The number of rotatable bonds is 3. The standard InChI is InChI=1S/C10H19NO2/c1-4-11(10(12)13-3)7-9-5-8(2)6-9/h8-9H,4-7H2,1-3H3. The third-order valence-corrected chi connectivity index (χ3v) is 2.76. The van der Waals surface area contributed by atoms with E-state index in [1.807, 2.05) is 6.92 Å². The van der Waals surface area contributed by atoms with Gasteiger partial charge < -0.3 is 9.64 Å². The summed E-state index contributed by atoms with van der Waals surface area (Å²) in [5.74, 6) is 1.55. The van der Waals surface area contributed by atoms with Gasteiger partial charge in [0.1, 0.15) is 0 Å². The molecule has 0 aliphatic heterocycles. The van der Waals surface area contributed by atoms with Gasteiger partial charge in [-0.3, -0.25) is 0 Å². The minimum atomic E-state index is -0.193. The number of hydrogen-bond acceptors (Lipinski definition) is 2. The van der Waals surface area contributed by atoms with Crippen LogP contribution in [0.5, 0.6) is 0 Å². The van der Waals surface area contributed by atoms with Crippen LogP contribution < -0.4 is 0 Å². The topological polar surface area (TPSA) is 29.5 Å². The molecular formula is C10H19NO2. The lowest BCUT2D eigenvalue weighted by Crippen LogP contribution is -2.39. The first-order chi connectivity index (χ1) is 6.17.